The summed E-state index contributed by atoms with van der Waals surface area (Å²) in [6.45, 7) is 5.72. The first-order valence-electron chi connectivity index (χ1n) is 7.88. The largest absolute Gasteiger partial charge is 0.308 e. The number of piperidine rings is 3. The molecule has 0 aromatic carbocycles. The second-order valence-corrected chi connectivity index (χ2v) is 6.78. The molecule has 3 aliphatic heterocycles. The molecule has 3 saturated heterocycles. The molecule has 0 saturated carbocycles. The van der Waals surface area contributed by atoms with E-state index in [0.29, 0.717) is 11.9 Å². The normalized spacial score (nSPS) is 28.4. The Morgan fingerprint density at radius 2 is 2.14 bits per heavy atom. The third-order valence-electron chi connectivity index (χ3n) is 5.01. The van der Waals surface area contributed by atoms with Gasteiger partial charge in [-0.25, -0.2) is 9.97 Å². The standard InChI is InChI=1S/C16H21ClN4/c1-11-8-13-16(18-9-11)21(15(19-13)2-5-17)14-10-20-6-3-12(14)4-7-20/h8-9,12,14H,2-7,10H2,1H3. The highest BCUT2D eigenvalue weighted by Crippen LogP contribution is 2.38. The van der Waals surface area contributed by atoms with Crippen molar-refractivity contribution >= 4 is 22.8 Å². The summed E-state index contributed by atoms with van der Waals surface area (Å²) in [6, 6.07) is 2.66. The number of pyridine rings is 1. The summed E-state index contributed by atoms with van der Waals surface area (Å²) in [5, 5.41) is 0. The van der Waals surface area contributed by atoms with E-state index in [9.17, 15) is 0 Å². The van der Waals surface area contributed by atoms with E-state index in [-0.39, 0.29) is 0 Å². The smallest absolute Gasteiger partial charge is 0.160 e. The number of fused-ring (bicyclic) bond motifs is 4. The van der Waals surface area contributed by atoms with Gasteiger partial charge in [-0.2, -0.15) is 0 Å². The molecule has 0 N–H and O–H groups in total. The maximum absolute atomic E-state index is 6.00. The van der Waals surface area contributed by atoms with E-state index < -0.39 is 0 Å². The van der Waals surface area contributed by atoms with E-state index >= 15 is 0 Å². The van der Waals surface area contributed by atoms with Crippen LogP contribution in [0, 0.1) is 12.8 Å². The molecule has 21 heavy (non-hydrogen) atoms. The number of nitrogens with zero attached hydrogens (tertiary/aromatic N) is 4. The first-order valence-corrected chi connectivity index (χ1v) is 8.41. The summed E-state index contributed by atoms with van der Waals surface area (Å²) < 4.78 is 2.40. The molecule has 0 aliphatic carbocycles. The highest BCUT2D eigenvalue weighted by Gasteiger charge is 2.37. The lowest BCUT2D eigenvalue weighted by Gasteiger charge is -2.45. The minimum absolute atomic E-state index is 0.519. The van der Waals surface area contributed by atoms with Crippen LogP contribution in [0.5, 0.6) is 0 Å². The van der Waals surface area contributed by atoms with E-state index in [0.717, 1.165) is 35.9 Å². The monoisotopic (exact) mass is 304 g/mol. The van der Waals surface area contributed by atoms with Gasteiger partial charge in [-0.1, -0.05) is 0 Å². The van der Waals surface area contributed by atoms with Gasteiger partial charge >= 0.3 is 0 Å². The van der Waals surface area contributed by atoms with Gasteiger partial charge in [0.1, 0.15) is 11.3 Å². The molecular weight excluding hydrogens is 284 g/mol. The molecule has 3 fully saturated rings. The van der Waals surface area contributed by atoms with Gasteiger partial charge in [0.05, 0.1) is 6.04 Å². The fourth-order valence-electron chi connectivity index (χ4n) is 3.97. The van der Waals surface area contributed by atoms with Crippen LogP contribution in [0.15, 0.2) is 12.3 Å². The van der Waals surface area contributed by atoms with Crippen molar-refractivity contribution in [2.24, 2.45) is 5.92 Å². The maximum atomic E-state index is 6.00. The Morgan fingerprint density at radius 1 is 1.33 bits per heavy atom. The molecule has 1 unspecified atom stereocenters. The van der Waals surface area contributed by atoms with Gasteiger partial charge in [-0.3, -0.25) is 0 Å². The lowest BCUT2D eigenvalue weighted by Crippen LogP contribution is -2.48. The molecule has 0 amide bonds. The van der Waals surface area contributed by atoms with Crippen LogP contribution >= 0.6 is 11.6 Å². The molecule has 0 spiro atoms. The van der Waals surface area contributed by atoms with Crippen LogP contribution in [-0.2, 0) is 6.42 Å². The summed E-state index contributed by atoms with van der Waals surface area (Å²) in [5.41, 5.74) is 3.23. The molecular formula is C16H21ClN4. The number of hydrogen-bond donors (Lipinski definition) is 0. The lowest BCUT2D eigenvalue weighted by molar-refractivity contribution is 0.0574. The highest BCUT2D eigenvalue weighted by molar-refractivity contribution is 6.17. The first kappa shape index (κ1) is 13.5. The van der Waals surface area contributed by atoms with Crippen molar-refractivity contribution in [1.82, 2.24) is 19.4 Å². The predicted molar refractivity (Wildman–Crippen MR) is 84.9 cm³/mol. The zero-order valence-electron chi connectivity index (χ0n) is 12.4. The van der Waals surface area contributed by atoms with Gasteiger partial charge < -0.3 is 9.47 Å². The number of imidazole rings is 1. The molecule has 2 bridgehead atoms. The van der Waals surface area contributed by atoms with E-state index in [1.54, 1.807) is 0 Å². The van der Waals surface area contributed by atoms with Crippen LogP contribution in [0.3, 0.4) is 0 Å². The van der Waals surface area contributed by atoms with Crippen molar-refractivity contribution < 1.29 is 0 Å². The summed E-state index contributed by atoms with van der Waals surface area (Å²) >= 11 is 6.00. The Hall–Kier alpha value is -1.13. The molecule has 5 heterocycles. The van der Waals surface area contributed by atoms with Gasteiger partial charge in [0, 0.05) is 25.0 Å². The zero-order valence-corrected chi connectivity index (χ0v) is 13.2. The number of halogens is 1. The van der Waals surface area contributed by atoms with Crippen molar-refractivity contribution in [2.45, 2.75) is 32.2 Å². The number of alkyl halides is 1. The SMILES string of the molecule is Cc1cnc2c(c1)nc(CCCl)n2C1CN2CCC1CC2. The molecule has 2 aromatic rings. The molecule has 4 nitrogen and oxygen atoms in total. The van der Waals surface area contributed by atoms with Gasteiger partial charge in [-0.15, -0.1) is 11.6 Å². The fraction of sp³-hybridized carbons (Fsp3) is 0.625. The minimum atomic E-state index is 0.519. The summed E-state index contributed by atoms with van der Waals surface area (Å²) in [5.74, 6) is 2.49. The third kappa shape index (κ3) is 2.25. The zero-order chi connectivity index (χ0) is 14.4. The second kappa shape index (κ2) is 5.25. The summed E-state index contributed by atoms with van der Waals surface area (Å²) in [7, 11) is 0. The van der Waals surface area contributed by atoms with E-state index in [1.807, 2.05) is 6.20 Å². The van der Waals surface area contributed by atoms with Crippen LogP contribution in [0.1, 0.15) is 30.3 Å². The van der Waals surface area contributed by atoms with E-state index in [2.05, 4.69) is 27.4 Å². The quantitative estimate of drug-likeness (QED) is 0.818. The van der Waals surface area contributed by atoms with Gasteiger partial charge in [0.2, 0.25) is 0 Å². The van der Waals surface area contributed by atoms with Crippen molar-refractivity contribution in [3.8, 4) is 0 Å². The van der Waals surface area contributed by atoms with E-state index in [4.69, 9.17) is 16.6 Å². The number of aryl methyl sites for hydroxylation is 2. The lowest BCUT2D eigenvalue weighted by atomic mass is 9.84. The van der Waals surface area contributed by atoms with Crippen LogP contribution in [-0.4, -0.2) is 44.9 Å². The molecule has 5 rings (SSSR count). The van der Waals surface area contributed by atoms with Crippen LogP contribution < -0.4 is 0 Å². The van der Waals surface area contributed by atoms with Crippen LogP contribution in [0.2, 0.25) is 0 Å². The third-order valence-corrected chi connectivity index (χ3v) is 5.20. The average Bonchev–Trinajstić information content (AvgIpc) is 2.85. The Labute approximate surface area is 130 Å². The fourth-order valence-corrected chi connectivity index (χ4v) is 4.13. The molecule has 112 valence electrons. The summed E-state index contributed by atoms with van der Waals surface area (Å²) in [6.07, 6.45) is 5.37. The minimum Gasteiger partial charge on any atom is -0.308 e. The molecule has 1 atom stereocenters. The highest BCUT2D eigenvalue weighted by atomic mass is 35.5. The van der Waals surface area contributed by atoms with Gasteiger partial charge in [-0.05, 0) is 50.4 Å². The Kier molecular flexibility index (Phi) is 3.38. The number of aromatic nitrogens is 3. The Bertz CT molecular complexity index is 658. The molecule has 0 radical (unpaired) electrons. The van der Waals surface area contributed by atoms with Crippen molar-refractivity contribution in [3.05, 3.63) is 23.7 Å². The molecule has 5 heteroatoms. The maximum Gasteiger partial charge on any atom is 0.160 e. The van der Waals surface area contributed by atoms with Crippen LogP contribution in [0.25, 0.3) is 11.2 Å². The molecule has 3 aliphatic rings. The molecule has 2 aromatic heterocycles. The Balaban J connectivity index is 1.83. The van der Waals surface area contributed by atoms with Gasteiger partial charge in [0.25, 0.3) is 0 Å². The van der Waals surface area contributed by atoms with Crippen molar-refractivity contribution in [3.63, 3.8) is 0 Å². The van der Waals surface area contributed by atoms with Gasteiger partial charge in [0.15, 0.2) is 5.65 Å². The Morgan fingerprint density at radius 3 is 2.81 bits per heavy atom. The topological polar surface area (TPSA) is 34.0 Å². The van der Waals surface area contributed by atoms with Crippen molar-refractivity contribution in [1.29, 1.82) is 0 Å². The van der Waals surface area contributed by atoms with Crippen molar-refractivity contribution in [2.75, 3.05) is 25.5 Å². The average molecular weight is 305 g/mol. The predicted octanol–water partition coefficient (Wildman–Crippen LogP) is 2.79. The summed E-state index contributed by atoms with van der Waals surface area (Å²) in [4.78, 5) is 12.1. The number of hydrogen-bond acceptors (Lipinski definition) is 3. The number of rotatable bonds is 3. The van der Waals surface area contributed by atoms with E-state index in [1.165, 1.54) is 31.5 Å². The first-order chi connectivity index (χ1) is 10.3. The van der Waals surface area contributed by atoms with Crippen LogP contribution in [0.4, 0.5) is 0 Å². The second-order valence-electron chi connectivity index (χ2n) is 6.40.